The molecule has 0 bridgehead atoms. The maximum atomic E-state index is 8.84. The van der Waals surface area contributed by atoms with Gasteiger partial charge in [-0.25, -0.2) is 0 Å². The van der Waals surface area contributed by atoms with Gasteiger partial charge in [0, 0.05) is 32.9 Å². The molecule has 1 heterocycles. The lowest BCUT2D eigenvalue weighted by Gasteiger charge is -2.17. The van der Waals surface area contributed by atoms with Crippen molar-refractivity contribution in [2.24, 2.45) is 7.05 Å². The molecule has 94 valence electrons. The van der Waals surface area contributed by atoms with E-state index < -0.39 is 0 Å². The molecule has 0 amide bonds. The molecule has 1 N–H and O–H groups in total. The Morgan fingerprint density at radius 2 is 2.12 bits per heavy atom. The average molecular weight is 234 g/mol. The largest absolute Gasteiger partial charge is 0.342 e. The third-order valence-corrected chi connectivity index (χ3v) is 3.00. The molecule has 0 aliphatic heterocycles. The van der Waals surface area contributed by atoms with Crippen molar-refractivity contribution in [3.8, 4) is 6.07 Å². The molecular weight excluding hydrogens is 212 g/mol. The van der Waals surface area contributed by atoms with Crippen molar-refractivity contribution >= 4 is 0 Å². The fourth-order valence-electron chi connectivity index (χ4n) is 1.85. The van der Waals surface area contributed by atoms with Gasteiger partial charge in [-0.3, -0.25) is 0 Å². The number of hydrogen-bond acceptors (Lipinski definition) is 3. The Hall–Kier alpha value is -1.31. The van der Waals surface area contributed by atoms with Crippen molar-refractivity contribution < 1.29 is 0 Å². The van der Waals surface area contributed by atoms with Crippen LogP contribution in [-0.2, 0) is 13.6 Å². The molecule has 0 atom stereocenters. The molecule has 0 radical (unpaired) electrons. The third-order valence-electron chi connectivity index (χ3n) is 3.00. The van der Waals surface area contributed by atoms with Crippen LogP contribution in [-0.4, -0.2) is 35.6 Å². The molecule has 0 fully saturated rings. The van der Waals surface area contributed by atoms with Gasteiger partial charge in [0.25, 0.3) is 0 Å². The van der Waals surface area contributed by atoms with Gasteiger partial charge in [0.05, 0.1) is 0 Å². The lowest BCUT2D eigenvalue weighted by Crippen LogP contribution is -2.31. The van der Waals surface area contributed by atoms with Gasteiger partial charge in [-0.15, -0.1) is 0 Å². The molecule has 0 saturated heterocycles. The monoisotopic (exact) mass is 234 g/mol. The van der Waals surface area contributed by atoms with E-state index in [-0.39, 0.29) is 0 Å². The van der Waals surface area contributed by atoms with Gasteiger partial charge in [0.2, 0.25) is 0 Å². The normalized spacial score (nSPS) is 10.8. The van der Waals surface area contributed by atoms with Crippen LogP contribution >= 0.6 is 0 Å². The number of nitrogens with zero attached hydrogens (tertiary/aromatic N) is 3. The first kappa shape index (κ1) is 13.8. The quantitative estimate of drug-likeness (QED) is 0.724. The highest BCUT2D eigenvalue weighted by Crippen LogP contribution is 2.05. The summed E-state index contributed by atoms with van der Waals surface area (Å²) in [4.78, 5) is 2.39. The summed E-state index contributed by atoms with van der Waals surface area (Å²) in [6.45, 7) is 9.45. The number of rotatable bonds is 7. The fraction of sp³-hybridized carbons (Fsp3) is 0.615. The van der Waals surface area contributed by atoms with Crippen LogP contribution in [0.15, 0.2) is 12.3 Å². The van der Waals surface area contributed by atoms with Crippen LogP contribution in [0.5, 0.6) is 0 Å². The van der Waals surface area contributed by atoms with Crippen molar-refractivity contribution in [3.63, 3.8) is 0 Å². The SMILES string of the molecule is CCN(CC)CCNCc1cc(C#N)n(C)c1. The number of nitrogens with one attached hydrogen (secondary N) is 1. The number of nitriles is 1. The highest BCUT2D eigenvalue weighted by molar-refractivity contribution is 5.28. The van der Waals surface area contributed by atoms with E-state index in [1.165, 1.54) is 5.56 Å². The molecule has 0 spiro atoms. The Labute approximate surface area is 104 Å². The summed E-state index contributed by atoms with van der Waals surface area (Å²) < 4.78 is 1.86. The molecule has 0 unspecified atom stereocenters. The summed E-state index contributed by atoms with van der Waals surface area (Å²) in [6, 6.07) is 4.10. The molecule has 4 heteroatoms. The Morgan fingerprint density at radius 1 is 1.41 bits per heavy atom. The van der Waals surface area contributed by atoms with Crippen LogP contribution in [0.25, 0.3) is 0 Å². The first-order valence-electron chi connectivity index (χ1n) is 6.19. The first-order valence-corrected chi connectivity index (χ1v) is 6.19. The Balaban J connectivity index is 2.29. The number of aromatic nitrogens is 1. The predicted molar refractivity (Wildman–Crippen MR) is 69.6 cm³/mol. The van der Waals surface area contributed by atoms with Crippen molar-refractivity contribution in [2.45, 2.75) is 20.4 Å². The summed E-state index contributed by atoms with van der Waals surface area (Å²) in [5.41, 5.74) is 1.88. The minimum absolute atomic E-state index is 0.713. The van der Waals surface area contributed by atoms with Gasteiger partial charge in [-0.2, -0.15) is 5.26 Å². The zero-order chi connectivity index (χ0) is 12.7. The molecule has 0 saturated carbocycles. The van der Waals surface area contributed by atoms with Crippen LogP contribution < -0.4 is 5.32 Å². The Kier molecular flexibility index (Phi) is 5.75. The summed E-state index contributed by atoms with van der Waals surface area (Å²) >= 11 is 0. The highest BCUT2D eigenvalue weighted by atomic mass is 15.1. The predicted octanol–water partition coefficient (Wildman–Crippen LogP) is 1.33. The highest BCUT2D eigenvalue weighted by Gasteiger charge is 2.02. The summed E-state index contributed by atoms with van der Waals surface area (Å²) in [5, 5.41) is 12.2. The maximum absolute atomic E-state index is 8.84. The van der Waals surface area contributed by atoms with Crippen LogP contribution in [0, 0.1) is 11.3 Å². The Bertz CT molecular complexity index is 371. The second-order valence-corrected chi connectivity index (χ2v) is 4.16. The van der Waals surface area contributed by atoms with Gasteiger partial charge in [0.1, 0.15) is 11.8 Å². The fourth-order valence-corrected chi connectivity index (χ4v) is 1.85. The molecule has 1 aromatic rings. The van der Waals surface area contributed by atoms with Crippen LogP contribution in [0.2, 0.25) is 0 Å². The minimum Gasteiger partial charge on any atom is -0.342 e. The van der Waals surface area contributed by atoms with Crippen LogP contribution in [0.1, 0.15) is 25.1 Å². The molecular formula is C13H22N4. The second kappa shape index (κ2) is 7.10. The van der Waals surface area contributed by atoms with Crippen LogP contribution in [0.3, 0.4) is 0 Å². The number of hydrogen-bond donors (Lipinski definition) is 1. The van der Waals surface area contributed by atoms with Gasteiger partial charge in [-0.1, -0.05) is 13.8 Å². The first-order chi connectivity index (χ1) is 8.21. The van der Waals surface area contributed by atoms with E-state index in [2.05, 4.69) is 30.1 Å². The standard InChI is InChI=1S/C13H22N4/c1-4-17(5-2)7-6-15-10-12-8-13(9-14)16(3)11-12/h8,11,15H,4-7,10H2,1-3H3. The second-order valence-electron chi connectivity index (χ2n) is 4.16. The summed E-state index contributed by atoms with van der Waals surface area (Å²) in [5.74, 6) is 0. The van der Waals surface area contributed by atoms with E-state index in [4.69, 9.17) is 5.26 Å². The van der Waals surface area contributed by atoms with E-state index in [0.29, 0.717) is 5.69 Å². The smallest absolute Gasteiger partial charge is 0.120 e. The van der Waals surface area contributed by atoms with E-state index in [1.807, 2.05) is 23.9 Å². The van der Waals surface area contributed by atoms with Crippen molar-refractivity contribution in [3.05, 3.63) is 23.5 Å². The van der Waals surface area contributed by atoms with E-state index in [9.17, 15) is 0 Å². The zero-order valence-electron chi connectivity index (χ0n) is 11.0. The number of aryl methyl sites for hydroxylation is 1. The van der Waals surface area contributed by atoms with Gasteiger partial charge in [0.15, 0.2) is 0 Å². The third kappa shape index (κ3) is 4.22. The minimum atomic E-state index is 0.713. The van der Waals surface area contributed by atoms with Crippen molar-refractivity contribution in [2.75, 3.05) is 26.2 Å². The van der Waals surface area contributed by atoms with Gasteiger partial charge < -0.3 is 14.8 Å². The van der Waals surface area contributed by atoms with E-state index in [0.717, 1.165) is 32.7 Å². The van der Waals surface area contributed by atoms with Crippen molar-refractivity contribution in [1.82, 2.24) is 14.8 Å². The van der Waals surface area contributed by atoms with Crippen molar-refractivity contribution in [1.29, 1.82) is 5.26 Å². The zero-order valence-corrected chi connectivity index (χ0v) is 11.0. The lowest BCUT2D eigenvalue weighted by atomic mass is 10.3. The summed E-state index contributed by atoms with van der Waals surface area (Å²) in [7, 11) is 1.90. The number of likely N-dealkylation sites (N-methyl/N-ethyl adjacent to an activating group) is 1. The molecule has 1 rings (SSSR count). The van der Waals surface area contributed by atoms with E-state index >= 15 is 0 Å². The summed E-state index contributed by atoms with van der Waals surface area (Å²) in [6.07, 6.45) is 2.00. The molecule has 1 aromatic heterocycles. The average Bonchev–Trinajstić information content (AvgIpc) is 2.70. The molecule has 0 aliphatic carbocycles. The Morgan fingerprint density at radius 3 is 2.65 bits per heavy atom. The lowest BCUT2D eigenvalue weighted by molar-refractivity contribution is 0.302. The van der Waals surface area contributed by atoms with Gasteiger partial charge in [-0.05, 0) is 24.7 Å². The molecule has 4 nitrogen and oxygen atoms in total. The molecule has 0 aliphatic rings. The topological polar surface area (TPSA) is 44.0 Å². The van der Waals surface area contributed by atoms with Gasteiger partial charge >= 0.3 is 0 Å². The molecule has 0 aromatic carbocycles. The maximum Gasteiger partial charge on any atom is 0.120 e. The van der Waals surface area contributed by atoms with E-state index in [1.54, 1.807) is 0 Å². The molecule has 17 heavy (non-hydrogen) atoms. The van der Waals surface area contributed by atoms with Crippen LogP contribution in [0.4, 0.5) is 0 Å².